The van der Waals surface area contributed by atoms with Crippen molar-refractivity contribution < 1.29 is 18.0 Å². The third-order valence-electron chi connectivity index (χ3n) is 6.03. The van der Waals surface area contributed by atoms with Crippen molar-refractivity contribution >= 4 is 39.1 Å². The fourth-order valence-corrected chi connectivity index (χ4v) is 5.42. The second-order valence-electron chi connectivity index (χ2n) is 9.63. The van der Waals surface area contributed by atoms with E-state index in [0.29, 0.717) is 11.6 Å². The molecule has 202 valence electrons. The lowest BCUT2D eigenvalue weighted by Crippen LogP contribution is -2.51. The van der Waals surface area contributed by atoms with Crippen molar-refractivity contribution in [3.8, 4) is 0 Å². The highest BCUT2D eigenvalue weighted by atomic mass is 35.5. The highest BCUT2D eigenvalue weighted by molar-refractivity contribution is 7.92. The number of rotatable bonds is 11. The van der Waals surface area contributed by atoms with Crippen molar-refractivity contribution in [2.24, 2.45) is 5.92 Å². The van der Waals surface area contributed by atoms with Crippen LogP contribution in [-0.2, 0) is 26.2 Å². The fraction of sp³-hybridized carbons (Fsp3) is 0.310. The molecule has 7 nitrogen and oxygen atoms in total. The summed E-state index contributed by atoms with van der Waals surface area (Å²) in [6.45, 7) is 7.68. The van der Waals surface area contributed by atoms with Crippen LogP contribution in [0, 0.1) is 12.8 Å². The van der Waals surface area contributed by atoms with Gasteiger partial charge in [0.25, 0.3) is 10.0 Å². The predicted octanol–water partition coefficient (Wildman–Crippen LogP) is 5.03. The molecule has 9 heteroatoms. The lowest BCUT2D eigenvalue weighted by Gasteiger charge is -2.32. The monoisotopic (exact) mass is 555 g/mol. The lowest BCUT2D eigenvalue weighted by atomic mass is 10.1. The summed E-state index contributed by atoms with van der Waals surface area (Å²) in [6, 6.07) is 21.1. The molecular weight excluding hydrogens is 522 g/mol. The molecule has 0 bridgehead atoms. The van der Waals surface area contributed by atoms with Crippen molar-refractivity contribution in [3.63, 3.8) is 0 Å². The van der Waals surface area contributed by atoms with Gasteiger partial charge >= 0.3 is 0 Å². The van der Waals surface area contributed by atoms with Crippen LogP contribution in [0.5, 0.6) is 0 Å². The molecular formula is C29H34ClN3O4S. The van der Waals surface area contributed by atoms with Crippen LogP contribution in [0.2, 0.25) is 5.02 Å². The Bertz CT molecular complexity index is 1350. The molecule has 0 saturated carbocycles. The number of hydrogen-bond acceptors (Lipinski definition) is 4. The van der Waals surface area contributed by atoms with Crippen LogP contribution in [-0.4, -0.2) is 44.3 Å². The van der Waals surface area contributed by atoms with E-state index in [2.05, 4.69) is 5.32 Å². The average molecular weight is 556 g/mol. The Balaban J connectivity index is 1.99. The van der Waals surface area contributed by atoms with E-state index in [0.717, 1.165) is 15.4 Å². The first-order chi connectivity index (χ1) is 18.0. The summed E-state index contributed by atoms with van der Waals surface area (Å²) >= 11 is 6.19. The maximum Gasteiger partial charge on any atom is 0.264 e. The van der Waals surface area contributed by atoms with Gasteiger partial charge in [-0.15, -0.1) is 0 Å². The molecule has 0 saturated heterocycles. The molecule has 3 rings (SSSR count). The third-order valence-corrected chi connectivity index (χ3v) is 8.05. The zero-order valence-corrected chi connectivity index (χ0v) is 23.7. The fourth-order valence-electron chi connectivity index (χ4n) is 3.80. The molecule has 38 heavy (non-hydrogen) atoms. The minimum Gasteiger partial charge on any atom is -0.354 e. The number of anilines is 1. The van der Waals surface area contributed by atoms with Crippen molar-refractivity contribution in [2.45, 2.75) is 45.2 Å². The summed E-state index contributed by atoms with van der Waals surface area (Å²) in [7, 11) is -4.12. The van der Waals surface area contributed by atoms with E-state index in [1.165, 1.54) is 23.1 Å². The summed E-state index contributed by atoms with van der Waals surface area (Å²) in [6.07, 6.45) is 0. The van der Waals surface area contributed by atoms with Crippen molar-refractivity contribution in [2.75, 3.05) is 17.4 Å². The van der Waals surface area contributed by atoms with Crippen molar-refractivity contribution in [3.05, 3.63) is 95.0 Å². The van der Waals surface area contributed by atoms with Crippen molar-refractivity contribution in [1.82, 2.24) is 10.2 Å². The second kappa shape index (κ2) is 12.9. The van der Waals surface area contributed by atoms with E-state index in [1.54, 1.807) is 43.3 Å². The number of amides is 2. The molecule has 0 spiro atoms. The molecule has 0 aliphatic heterocycles. The quantitative estimate of drug-likeness (QED) is 0.359. The molecule has 1 N–H and O–H groups in total. The Morgan fingerprint density at radius 2 is 1.58 bits per heavy atom. The number of nitrogens with one attached hydrogen (secondary N) is 1. The SMILES string of the molecule is Cc1ccc(CN(C(=O)CN(c2cccc(Cl)c2)S(=O)(=O)c2ccccc2)[C@H](C)C(=O)NCC(C)C)cc1. The zero-order valence-electron chi connectivity index (χ0n) is 22.1. The number of sulfonamides is 1. The minimum absolute atomic E-state index is 0.0422. The average Bonchev–Trinajstić information content (AvgIpc) is 2.89. The second-order valence-corrected chi connectivity index (χ2v) is 11.9. The van der Waals surface area contributed by atoms with E-state index in [4.69, 9.17) is 11.6 Å². The molecule has 2 amide bonds. The van der Waals surface area contributed by atoms with Gasteiger partial charge in [0.1, 0.15) is 12.6 Å². The number of carbonyl (C=O) groups is 2. The predicted molar refractivity (Wildman–Crippen MR) is 151 cm³/mol. The van der Waals surface area contributed by atoms with Gasteiger partial charge in [0.05, 0.1) is 10.6 Å². The Labute approximate surface area is 230 Å². The molecule has 0 aliphatic rings. The van der Waals surface area contributed by atoms with E-state index < -0.39 is 28.5 Å². The Morgan fingerprint density at radius 3 is 2.18 bits per heavy atom. The van der Waals surface area contributed by atoms with Crippen LogP contribution in [0.4, 0.5) is 5.69 Å². The highest BCUT2D eigenvalue weighted by Gasteiger charge is 2.32. The van der Waals surface area contributed by atoms with Crippen molar-refractivity contribution in [1.29, 1.82) is 0 Å². The summed E-state index contributed by atoms with van der Waals surface area (Å²) in [5, 5.41) is 3.21. The molecule has 0 aliphatic carbocycles. The van der Waals surface area contributed by atoms with Gasteiger partial charge in [-0.2, -0.15) is 0 Å². The molecule has 0 heterocycles. The molecule has 3 aromatic carbocycles. The number of halogens is 1. The number of carbonyl (C=O) groups excluding carboxylic acids is 2. The summed E-state index contributed by atoms with van der Waals surface area (Å²) in [4.78, 5) is 28.3. The smallest absolute Gasteiger partial charge is 0.264 e. The molecule has 0 radical (unpaired) electrons. The van der Waals surface area contributed by atoms with Gasteiger partial charge < -0.3 is 10.2 Å². The maximum absolute atomic E-state index is 13.9. The first-order valence-corrected chi connectivity index (χ1v) is 14.3. The standard InChI is InChI=1S/C29H34ClN3O4S/c1-21(2)18-31-29(35)23(4)32(19-24-15-13-22(3)14-16-24)28(34)20-33(26-10-8-9-25(30)17-26)38(36,37)27-11-6-5-7-12-27/h5-17,21,23H,18-20H2,1-4H3,(H,31,35)/t23-/m1/s1. The summed E-state index contributed by atoms with van der Waals surface area (Å²) in [5.74, 6) is -0.585. The molecule has 0 unspecified atom stereocenters. The van der Waals surface area contributed by atoms with Gasteiger partial charge in [0.15, 0.2) is 0 Å². The van der Waals surface area contributed by atoms with Gasteiger partial charge in [0.2, 0.25) is 11.8 Å². The molecule has 0 aromatic heterocycles. The maximum atomic E-state index is 13.9. The zero-order chi connectivity index (χ0) is 27.9. The van der Waals surface area contributed by atoms with Gasteiger partial charge in [-0.3, -0.25) is 13.9 Å². The van der Waals surface area contributed by atoms with Crippen LogP contribution in [0.15, 0.2) is 83.8 Å². The molecule has 0 fully saturated rings. The first-order valence-electron chi connectivity index (χ1n) is 12.4. The van der Waals surface area contributed by atoms with Gasteiger partial charge in [-0.25, -0.2) is 8.42 Å². The van der Waals surface area contributed by atoms with Crippen LogP contribution in [0.25, 0.3) is 0 Å². The topological polar surface area (TPSA) is 86.8 Å². The van der Waals surface area contributed by atoms with E-state index in [1.807, 2.05) is 45.0 Å². The highest BCUT2D eigenvalue weighted by Crippen LogP contribution is 2.26. The van der Waals surface area contributed by atoms with Gasteiger partial charge in [0, 0.05) is 18.1 Å². The number of nitrogens with zero attached hydrogens (tertiary/aromatic N) is 2. The van der Waals surface area contributed by atoms with E-state index in [-0.39, 0.29) is 29.0 Å². The summed E-state index contributed by atoms with van der Waals surface area (Å²) < 4.78 is 28.5. The van der Waals surface area contributed by atoms with Gasteiger partial charge in [-0.1, -0.05) is 79.5 Å². The Morgan fingerprint density at radius 1 is 0.921 bits per heavy atom. The first kappa shape index (κ1) is 29.2. The number of aryl methyl sites for hydroxylation is 1. The Kier molecular flexibility index (Phi) is 9.94. The molecule has 3 aromatic rings. The van der Waals surface area contributed by atoms with E-state index in [9.17, 15) is 18.0 Å². The van der Waals surface area contributed by atoms with Crippen LogP contribution in [0.1, 0.15) is 31.9 Å². The van der Waals surface area contributed by atoms with Crippen LogP contribution >= 0.6 is 11.6 Å². The summed E-state index contributed by atoms with van der Waals surface area (Å²) in [5.41, 5.74) is 2.14. The lowest BCUT2D eigenvalue weighted by molar-refractivity contribution is -0.139. The van der Waals surface area contributed by atoms with Crippen LogP contribution in [0.3, 0.4) is 0 Å². The normalized spacial score (nSPS) is 12.2. The third kappa shape index (κ3) is 7.58. The minimum atomic E-state index is -4.12. The van der Waals surface area contributed by atoms with Crippen LogP contribution < -0.4 is 9.62 Å². The van der Waals surface area contributed by atoms with Gasteiger partial charge in [-0.05, 0) is 55.7 Å². The van der Waals surface area contributed by atoms with E-state index >= 15 is 0 Å². The number of benzene rings is 3. The number of hydrogen-bond donors (Lipinski definition) is 1. The largest absolute Gasteiger partial charge is 0.354 e. The molecule has 1 atom stereocenters. The Hall–Kier alpha value is -3.36.